The fraction of sp³-hybridized carbons (Fsp3) is 0.500. The average Bonchev–Trinajstić information content (AvgIpc) is 3.00. The third-order valence-electron chi connectivity index (χ3n) is 4.71. The van der Waals surface area contributed by atoms with Crippen molar-refractivity contribution in [2.45, 2.75) is 25.0 Å². The molecule has 6 heteroatoms. The third kappa shape index (κ3) is 3.35. The van der Waals surface area contributed by atoms with Crippen LogP contribution in [0, 0.1) is 17.6 Å². The first kappa shape index (κ1) is 17.0. The van der Waals surface area contributed by atoms with Gasteiger partial charge < -0.3 is 14.4 Å². The molecule has 3 rings (SSSR count). The summed E-state index contributed by atoms with van der Waals surface area (Å²) in [6.45, 7) is 5.58. The number of rotatable bonds is 5. The summed E-state index contributed by atoms with van der Waals surface area (Å²) in [5.74, 6) is -2.00. The van der Waals surface area contributed by atoms with Crippen molar-refractivity contribution in [1.82, 2.24) is 4.90 Å². The van der Waals surface area contributed by atoms with Crippen LogP contribution in [-0.4, -0.2) is 49.3 Å². The van der Waals surface area contributed by atoms with Crippen LogP contribution in [0.4, 0.5) is 8.78 Å². The van der Waals surface area contributed by atoms with Crippen LogP contribution >= 0.6 is 0 Å². The number of hydrogen-bond acceptors (Lipinski definition) is 3. The van der Waals surface area contributed by atoms with Crippen LogP contribution in [0.5, 0.6) is 0 Å². The van der Waals surface area contributed by atoms with E-state index in [0.717, 1.165) is 25.0 Å². The first-order valence-corrected chi connectivity index (χ1v) is 8.18. The molecule has 0 spiro atoms. The Hall–Kier alpha value is -1.79. The second kappa shape index (κ2) is 7.40. The van der Waals surface area contributed by atoms with Crippen molar-refractivity contribution in [2.24, 2.45) is 5.92 Å². The fourth-order valence-corrected chi connectivity index (χ4v) is 3.59. The van der Waals surface area contributed by atoms with Crippen molar-refractivity contribution in [3.8, 4) is 0 Å². The van der Waals surface area contributed by atoms with Gasteiger partial charge in [0.1, 0.15) is 0 Å². The molecule has 1 aromatic carbocycles. The molecule has 1 heterocycles. The quantitative estimate of drug-likeness (QED) is 0.613. The van der Waals surface area contributed by atoms with Gasteiger partial charge in [-0.2, -0.15) is 0 Å². The number of nitrogens with zero attached hydrogens (tertiary/aromatic N) is 1. The molecule has 2 aliphatic rings. The molecular weight excluding hydrogens is 316 g/mol. The van der Waals surface area contributed by atoms with E-state index in [2.05, 4.69) is 6.58 Å². The van der Waals surface area contributed by atoms with Crippen molar-refractivity contribution >= 4 is 5.91 Å². The highest BCUT2D eigenvalue weighted by Crippen LogP contribution is 2.35. The van der Waals surface area contributed by atoms with Gasteiger partial charge in [0.05, 0.1) is 32.0 Å². The number of amides is 1. The number of carbonyl (C=O) groups excluding carboxylic acids is 1. The first-order valence-electron chi connectivity index (χ1n) is 8.18. The smallest absolute Gasteiger partial charge is 0.254 e. The molecule has 1 saturated heterocycles. The van der Waals surface area contributed by atoms with Gasteiger partial charge in [-0.05, 0) is 31.0 Å². The zero-order chi connectivity index (χ0) is 17.1. The second-order valence-corrected chi connectivity index (χ2v) is 6.19. The van der Waals surface area contributed by atoms with Gasteiger partial charge in [0.15, 0.2) is 11.6 Å². The maximum Gasteiger partial charge on any atom is 0.254 e. The molecule has 0 bridgehead atoms. The van der Waals surface area contributed by atoms with E-state index in [9.17, 15) is 13.6 Å². The molecular formula is C18H21F2NO3. The highest BCUT2D eigenvalue weighted by atomic mass is 19.2. The zero-order valence-corrected chi connectivity index (χ0v) is 13.4. The van der Waals surface area contributed by atoms with Crippen LogP contribution in [0.2, 0.25) is 0 Å². The van der Waals surface area contributed by atoms with Crippen LogP contribution in [0.15, 0.2) is 30.9 Å². The number of halogens is 2. The summed E-state index contributed by atoms with van der Waals surface area (Å²) < 4.78 is 37.9. The molecule has 1 aliphatic heterocycles. The first-order chi connectivity index (χ1) is 11.6. The lowest BCUT2D eigenvalue weighted by atomic mass is 10.0. The van der Waals surface area contributed by atoms with Crippen molar-refractivity contribution in [1.29, 1.82) is 0 Å². The number of ether oxygens (including phenoxy) is 2. The Morgan fingerprint density at radius 3 is 2.96 bits per heavy atom. The Morgan fingerprint density at radius 1 is 1.38 bits per heavy atom. The Balaban J connectivity index is 1.71. The van der Waals surface area contributed by atoms with Crippen LogP contribution in [0.1, 0.15) is 23.2 Å². The minimum Gasteiger partial charge on any atom is -0.377 e. The van der Waals surface area contributed by atoms with E-state index in [-0.39, 0.29) is 29.5 Å². The summed E-state index contributed by atoms with van der Waals surface area (Å²) >= 11 is 0. The molecule has 4 nitrogen and oxygen atoms in total. The van der Waals surface area contributed by atoms with E-state index >= 15 is 0 Å². The summed E-state index contributed by atoms with van der Waals surface area (Å²) in [7, 11) is 0. The van der Waals surface area contributed by atoms with Crippen LogP contribution in [-0.2, 0) is 9.47 Å². The predicted octanol–water partition coefficient (Wildman–Crippen LogP) is 2.79. The van der Waals surface area contributed by atoms with E-state index in [4.69, 9.17) is 9.47 Å². The van der Waals surface area contributed by atoms with Crippen molar-refractivity contribution in [3.63, 3.8) is 0 Å². The normalized spacial score (nSPS) is 26.2. The molecule has 3 unspecified atom stereocenters. The molecule has 0 aromatic heterocycles. The van der Waals surface area contributed by atoms with E-state index < -0.39 is 11.6 Å². The van der Waals surface area contributed by atoms with Crippen molar-refractivity contribution in [3.05, 3.63) is 48.1 Å². The van der Waals surface area contributed by atoms with Gasteiger partial charge in [-0.1, -0.05) is 6.08 Å². The predicted molar refractivity (Wildman–Crippen MR) is 84.7 cm³/mol. The van der Waals surface area contributed by atoms with Gasteiger partial charge in [0.2, 0.25) is 0 Å². The molecule has 1 amide bonds. The third-order valence-corrected chi connectivity index (χ3v) is 4.71. The Bertz CT molecular complexity index is 622. The maximum atomic E-state index is 13.4. The molecule has 1 aliphatic carbocycles. The molecule has 2 fully saturated rings. The van der Waals surface area contributed by atoms with E-state index in [1.807, 2.05) is 0 Å². The topological polar surface area (TPSA) is 38.8 Å². The van der Waals surface area contributed by atoms with Gasteiger partial charge in [0, 0.05) is 18.0 Å². The lowest BCUT2D eigenvalue weighted by Crippen LogP contribution is -2.53. The summed E-state index contributed by atoms with van der Waals surface area (Å²) in [4.78, 5) is 14.4. The van der Waals surface area contributed by atoms with Crippen LogP contribution < -0.4 is 0 Å². The Labute approximate surface area is 140 Å². The Kier molecular flexibility index (Phi) is 5.26. The summed E-state index contributed by atoms with van der Waals surface area (Å²) in [6.07, 6.45) is 3.36. The molecule has 1 saturated carbocycles. The number of carbonyl (C=O) groups is 1. The summed E-state index contributed by atoms with van der Waals surface area (Å²) in [5, 5.41) is 0. The summed E-state index contributed by atoms with van der Waals surface area (Å²) in [5.41, 5.74) is 0.168. The zero-order valence-electron chi connectivity index (χ0n) is 13.4. The maximum absolute atomic E-state index is 13.4. The van der Waals surface area contributed by atoms with Gasteiger partial charge in [0.25, 0.3) is 5.91 Å². The number of fused-ring (bicyclic) bond motifs is 1. The molecule has 0 radical (unpaired) electrons. The van der Waals surface area contributed by atoms with E-state index in [1.165, 1.54) is 6.07 Å². The summed E-state index contributed by atoms with van der Waals surface area (Å²) in [6, 6.07) is 3.23. The number of hydrogen-bond donors (Lipinski definition) is 0. The van der Waals surface area contributed by atoms with Gasteiger partial charge in [-0.15, -0.1) is 6.58 Å². The standard InChI is InChI=1S/C18H21F2NO3/c1-2-8-23-11-13-4-6-16-17(13)24-9-7-21(16)18(22)12-3-5-14(19)15(20)10-12/h2-3,5,10,13,16-17H,1,4,6-9,11H2. The number of benzene rings is 1. The van der Waals surface area contributed by atoms with E-state index in [0.29, 0.717) is 26.4 Å². The fourth-order valence-electron chi connectivity index (χ4n) is 3.59. The largest absolute Gasteiger partial charge is 0.377 e. The van der Waals surface area contributed by atoms with Crippen molar-refractivity contribution in [2.75, 3.05) is 26.4 Å². The monoisotopic (exact) mass is 337 g/mol. The van der Waals surface area contributed by atoms with Gasteiger partial charge in [-0.3, -0.25) is 4.79 Å². The average molecular weight is 337 g/mol. The Morgan fingerprint density at radius 2 is 2.21 bits per heavy atom. The highest BCUT2D eigenvalue weighted by Gasteiger charge is 2.44. The lowest BCUT2D eigenvalue weighted by molar-refractivity contribution is -0.0738. The lowest BCUT2D eigenvalue weighted by Gasteiger charge is -2.39. The van der Waals surface area contributed by atoms with E-state index in [1.54, 1.807) is 11.0 Å². The molecule has 3 atom stereocenters. The molecule has 24 heavy (non-hydrogen) atoms. The highest BCUT2D eigenvalue weighted by molar-refractivity contribution is 5.94. The van der Waals surface area contributed by atoms with Gasteiger partial charge in [-0.25, -0.2) is 8.78 Å². The molecule has 0 N–H and O–H groups in total. The minimum atomic E-state index is -1.01. The van der Waals surface area contributed by atoms with Gasteiger partial charge >= 0.3 is 0 Å². The van der Waals surface area contributed by atoms with Crippen molar-refractivity contribution < 1.29 is 23.0 Å². The molecule has 1 aromatic rings. The minimum absolute atomic E-state index is 0.0447. The van der Waals surface area contributed by atoms with Crippen LogP contribution in [0.3, 0.4) is 0 Å². The second-order valence-electron chi connectivity index (χ2n) is 6.19. The SMILES string of the molecule is C=CCOCC1CCC2C1OCCN2C(=O)c1ccc(F)c(F)c1. The van der Waals surface area contributed by atoms with Crippen LogP contribution in [0.25, 0.3) is 0 Å². The molecule has 130 valence electrons. The number of morpholine rings is 1.